The number of carbonyl (C=O) groups excluding carboxylic acids is 1. The molecule has 21 heavy (non-hydrogen) atoms. The maximum atomic E-state index is 13.3. The van der Waals surface area contributed by atoms with Crippen LogP contribution in [-0.4, -0.2) is 29.8 Å². The van der Waals surface area contributed by atoms with Crippen molar-refractivity contribution in [3.63, 3.8) is 0 Å². The summed E-state index contributed by atoms with van der Waals surface area (Å²) in [5.41, 5.74) is 0.251. The lowest BCUT2D eigenvalue weighted by atomic mass is 10.1. The zero-order valence-electron chi connectivity index (χ0n) is 11.5. The van der Waals surface area contributed by atoms with E-state index >= 15 is 0 Å². The van der Waals surface area contributed by atoms with Crippen LogP contribution < -0.4 is 5.32 Å². The molecule has 1 N–H and O–H groups in total. The highest BCUT2D eigenvalue weighted by Gasteiger charge is 2.40. The number of nitrogens with one attached hydrogen (secondary N) is 1. The Hall–Kier alpha value is -1.63. The van der Waals surface area contributed by atoms with Gasteiger partial charge >= 0.3 is 0 Å². The molecule has 2 atom stereocenters. The SMILES string of the molecule is CCCC1NC(c2ccc(F)c(F)c2)N(CC(F)F)C1=O. The van der Waals surface area contributed by atoms with Gasteiger partial charge in [0.1, 0.15) is 6.17 Å². The third-order valence-corrected chi connectivity index (χ3v) is 3.42. The molecule has 1 amide bonds. The van der Waals surface area contributed by atoms with Gasteiger partial charge in [-0.05, 0) is 24.1 Å². The van der Waals surface area contributed by atoms with Crippen molar-refractivity contribution in [3.05, 3.63) is 35.4 Å². The van der Waals surface area contributed by atoms with Crippen LogP contribution in [0.3, 0.4) is 0 Å². The average molecular weight is 304 g/mol. The van der Waals surface area contributed by atoms with Gasteiger partial charge in [-0.2, -0.15) is 0 Å². The summed E-state index contributed by atoms with van der Waals surface area (Å²) in [5, 5.41) is 2.91. The molecular formula is C14H16F4N2O. The quantitative estimate of drug-likeness (QED) is 0.848. The van der Waals surface area contributed by atoms with Crippen molar-refractivity contribution in [2.24, 2.45) is 0 Å². The molecule has 1 aromatic rings. The minimum atomic E-state index is -2.69. The number of rotatable bonds is 5. The summed E-state index contributed by atoms with van der Waals surface area (Å²) in [6.07, 6.45) is -2.35. The lowest BCUT2D eigenvalue weighted by molar-refractivity contribution is -0.132. The predicted molar refractivity (Wildman–Crippen MR) is 68.6 cm³/mol. The third-order valence-electron chi connectivity index (χ3n) is 3.42. The number of nitrogens with zero attached hydrogens (tertiary/aromatic N) is 1. The Morgan fingerprint density at radius 1 is 1.29 bits per heavy atom. The Bertz CT molecular complexity index is 524. The van der Waals surface area contributed by atoms with Gasteiger partial charge in [0.15, 0.2) is 11.6 Å². The van der Waals surface area contributed by atoms with E-state index in [-0.39, 0.29) is 5.56 Å². The topological polar surface area (TPSA) is 32.3 Å². The van der Waals surface area contributed by atoms with Crippen LogP contribution in [0.2, 0.25) is 0 Å². The number of amides is 1. The van der Waals surface area contributed by atoms with E-state index < -0.39 is 42.7 Å². The number of carbonyl (C=O) groups is 1. The van der Waals surface area contributed by atoms with E-state index in [2.05, 4.69) is 5.32 Å². The van der Waals surface area contributed by atoms with Crippen LogP contribution in [-0.2, 0) is 4.79 Å². The van der Waals surface area contributed by atoms with E-state index in [0.29, 0.717) is 12.8 Å². The highest BCUT2D eigenvalue weighted by molar-refractivity contribution is 5.84. The second kappa shape index (κ2) is 6.43. The van der Waals surface area contributed by atoms with E-state index in [1.807, 2.05) is 6.92 Å². The molecule has 1 saturated heterocycles. The van der Waals surface area contributed by atoms with Crippen molar-refractivity contribution >= 4 is 5.91 Å². The van der Waals surface area contributed by atoms with Gasteiger partial charge in [0.2, 0.25) is 5.91 Å². The Kier molecular flexibility index (Phi) is 4.82. The van der Waals surface area contributed by atoms with Crippen LogP contribution in [0.1, 0.15) is 31.5 Å². The fourth-order valence-corrected chi connectivity index (χ4v) is 2.48. The fraction of sp³-hybridized carbons (Fsp3) is 0.500. The Balaban J connectivity index is 2.29. The van der Waals surface area contributed by atoms with Crippen molar-refractivity contribution in [2.75, 3.05) is 6.54 Å². The first-order valence-corrected chi connectivity index (χ1v) is 6.73. The molecule has 0 radical (unpaired) electrons. The summed E-state index contributed by atoms with van der Waals surface area (Å²) in [6, 6.07) is 2.56. The first-order chi connectivity index (χ1) is 9.93. The molecule has 0 saturated carbocycles. The maximum absolute atomic E-state index is 13.3. The molecule has 7 heteroatoms. The minimum absolute atomic E-state index is 0.251. The molecular weight excluding hydrogens is 288 g/mol. The summed E-state index contributed by atoms with van der Waals surface area (Å²) in [5.74, 6) is -2.53. The van der Waals surface area contributed by atoms with Crippen molar-refractivity contribution in [1.29, 1.82) is 0 Å². The smallest absolute Gasteiger partial charge is 0.255 e. The third kappa shape index (κ3) is 3.34. The lowest BCUT2D eigenvalue weighted by Gasteiger charge is -2.24. The maximum Gasteiger partial charge on any atom is 0.255 e. The number of hydrogen-bond donors (Lipinski definition) is 1. The van der Waals surface area contributed by atoms with Gasteiger partial charge in [0.25, 0.3) is 6.43 Å². The molecule has 116 valence electrons. The summed E-state index contributed by atoms with van der Waals surface area (Å²) in [6.45, 7) is 1.13. The molecule has 0 bridgehead atoms. The molecule has 1 heterocycles. The van der Waals surface area contributed by atoms with Crippen LogP contribution in [0, 0.1) is 11.6 Å². The van der Waals surface area contributed by atoms with Gasteiger partial charge in [-0.3, -0.25) is 10.1 Å². The summed E-state index contributed by atoms with van der Waals surface area (Å²) >= 11 is 0. The van der Waals surface area contributed by atoms with Gasteiger partial charge in [-0.1, -0.05) is 19.4 Å². The molecule has 1 fully saturated rings. The van der Waals surface area contributed by atoms with Crippen LogP contribution in [0.25, 0.3) is 0 Å². The summed E-state index contributed by atoms with van der Waals surface area (Å²) in [7, 11) is 0. The summed E-state index contributed by atoms with van der Waals surface area (Å²) < 4.78 is 51.6. The monoisotopic (exact) mass is 304 g/mol. The highest BCUT2D eigenvalue weighted by atomic mass is 19.3. The lowest BCUT2D eigenvalue weighted by Crippen LogP contribution is -2.35. The zero-order chi connectivity index (χ0) is 15.6. The van der Waals surface area contributed by atoms with Crippen molar-refractivity contribution in [2.45, 2.75) is 38.4 Å². The van der Waals surface area contributed by atoms with E-state index in [1.165, 1.54) is 6.07 Å². The Morgan fingerprint density at radius 3 is 2.57 bits per heavy atom. The standard InChI is InChI=1S/C14H16F4N2O/c1-2-3-11-14(21)20(7-12(17)18)13(19-11)8-4-5-9(15)10(16)6-8/h4-6,11-13,19H,2-3,7H2,1H3. The van der Waals surface area contributed by atoms with Crippen molar-refractivity contribution in [3.8, 4) is 0 Å². The van der Waals surface area contributed by atoms with Crippen LogP contribution in [0.5, 0.6) is 0 Å². The minimum Gasteiger partial charge on any atom is -0.316 e. The number of hydrogen-bond acceptors (Lipinski definition) is 2. The fourth-order valence-electron chi connectivity index (χ4n) is 2.48. The Morgan fingerprint density at radius 2 is 2.00 bits per heavy atom. The van der Waals surface area contributed by atoms with Crippen molar-refractivity contribution in [1.82, 2.24) is 10.2 Å². The first-order valence-electron chi connectivity index (χ1n) is 6.73. The van der Waals surface area contributed by atoms with Gasteiger partial charge in [-0.25, -0.2) is 17.6 Å². The second-order valence-corrected chi connectivity index (χ2v) is 4.97. The molecule has 1 aliphatic heterocycles. The van der Waals surface area contributed by atoms with Gasteiger partial charge in [0.05, 0.1) is 12.6 Å². The molecule has 3 nitrogen and oxygen atoms in total. The second-order valence-electron chi connectivity index (χ2n) is 4.97. The number of halogens is 4. The van der Waals surface area contributed by atoms with Crippen LogP contribution >= 0.6 is 0 Å². The number of benzene rings is 1. The summed E-state index contributed by atoms with van der Waals surface area (Å²) in [4.78, 5) is 13.1. The molecule has 0 spiro atoms. The zero-order valence-corrected chi connectivity index (χ0v) is 11.5. The first kappa shape index (κ1) is 15.8. The molecule has 2 unspecified atom stereocenters. The Labute approximate surface area is 119 Å². The predicted octanol–water partition coefficient (Wildman–Crippen LogP) is 2.83. The van der Waals surface area contributed by atoms with E-state index in [9.17, 15) is 22.4 Å². The molecule has 0 aromatic heterocycles. The van der Waals surface area contributed by atoms with E-state index in [0.717, 1.165) is 17.0 Å². The normalized spacial score (nSPS) is 22.4. The largest absolute Gasteiger partial charge is 0.316 e. The number of alkyl halides is 2. The van der Waals surface area contributed by atoms with E-state index in [1.54, 1.807) is 0 Å². The highest BCUT2D eigenvalue weighted by Crippen LogP contribution is 2.28. The van der Waals surface area contributed by atoms with Crippen LogP contribution in [0.15, 0.2) is 18.2 Å². The van der Waals surface area contributed by atoms with Crippen molar-refractivity contribution < 1.29 is 22.4 Å². The molecule has 2 rings (SSSR count). The van der Waals surface area contributed by atoms with Gasteiger partial charge in [0, 0.05) is 0 Å². The van der Waals surface area contributed by atoms with Crippen LogP contribution in [0.4, 0.5) is 17.6 Å². The van der Waals surface area contributed by atoms with Gasteiger partial charge in [-0.15, -0.1) is 0 Å². The van der Waals surface area contributed by atoms with E-state index in [4.69, 9.17) is 0 Å². The molecule has 1 aromatic carbocycles. The molecule has 0 aliphatic carbocycles. The molecule has 1 aliphatic rings. The average Bonchev–Trinajstić information content (AvgIpc) is 2.71. The van der Waals surface area contributed by atoms with Gasteiger partial charge < -0.3 is 4.90 Å².